The van der Waals surface area contributed by atoms with Crippen LogP contribution in [0.4, 0.5) is 0 Å². The molecule has 0 radical (unpaired) electrons. The van der Waals surface area contributed by atoms with Crippen molar-refractivity contribution >= 4 is 10.0 Å². The molecule has 21 heavy (non-hydrogen) atoms. The molecule has 0 heterocycles. The fourth-order valence-electron chi connectivity index (χ4n) is 2.05. The first-order valence-electron chi connectivity index (χ1n) is 6.94. The van der Waals surface area contributed by atoms with E-state index < -0.39 is 10.0 Å². The maximum Gasteiger partial charge on any atom is 0.243 e. The van der Waals surface area contributed by atoms with E-state index in [4.69, 9.17) is 14.6 Å². The number of hydrogen-bond acceptors (Lipinski definition) is 5. The second-order valence-corrected chi connectivity index (χ2v) is 6.77. The summed E-state index contributed by atoms with van der Waals surface area (Å²) >= 11 is 0. The largest absolute Gasteiger partial charge is 0.491 e. The van der Waals surface area contributed by atoms with Crippen molar-refractivity contribution < 1.29 is 23.0 Å². The van der Waals surface area contributed by atoms with Crippen molar-refractivity contribution in [2.75, 3.05) is 33.5 Å². The molecule has 6 nitrogen and oxygen atoms in total. The zero-order chi connectivity index (χ0) is 15.3. The SMILES string of the molecule is COCCN(C1CC1)S(=O)(=O)c1ccc(OCCO)cc1. The van der Waals surface area contributed by atoms with Crippen LogP contribution in [-0.4, -0.2) is 57.3 Å². The lowest BCUT2D eigenvalue weighted by Crippen LogP contribution is -2.35. The minimum Gasteiger partial charge on any atom is -0.491 e. The van der Waals surface area contributed by atoms with E-state index in [1.165, 1.54) is 16.4 Å². The zero-order valence-corrected chi connectivity index (χ0v) is 12.9. The summed E-state index contributed by atoms with van der Waals surface area (Å²) in [4.78, 5) is 0.252. The smallest absolute Gasteiger partial charge is 0.243 e. The molecule has 0 unspecified atom stereocenters. The van der Waals surface area contributed by atoms with Crippen LogP contribution < -0.4 is 4.74 Å². The molecule has 7 heteroatoms. The van der Waals surface area contributed by atoms with Crippen LogP contribution in [0.3, 0.4) is 0 Å². The molecule has 0 atom stereocenters. The Bertz CT molecular complexity index is 539. The van der Waals surface area contributed by atoms with Crippen molar-refractivity contribution in [1.29, 1.82) is 0 Å². The number of aliphatic hydroxyl groups is 1. The zero-order valence-electron chi connectivity index (χ0n) is 12.1. The first-order valence-corrected chi connectivity index (χ1v) is 8.38. The molecule has 0 aliphatic heterocycles. The van der Waals surface area contributed by atoms with Gasteiger partial charge in [0.05, 0.1) is 18.1 Å². The van der Waals surface area contributed by atoms with Crippen LogP contribution in [0.5, 0.6) is 5.75 Å². The van der Waals surface area contributed by atoms with Crippen LogP contribution in [0, 0.1) is 0 Å². The molecule has 1 aliphatic carbocycles. The van der Waals surface area contributed by atoms with Crippen molar-refractivity contribution in [3.8, 4) is 5.75 Å². The molecule has 0 spiro atoms. The average Bonchev–Trinajstić information content (AvgIpc) is 3.30. The van der Waals surface area contributed by atoms with Crippen molar-refractivity contribution in [2.45, 2.75) is 23.8 Å². The van der Waals surface area contributed by atoms with Gasteiger partial charge in [0.1, 0.15) is 12.4 Å². The third-order valence-corrected chi connectivity index (χ3v) is 5.23. The maximum atomic E-state index is 12.6. The molecule has 1 aromatic carbocycles. The first kappa shape index (κ1) is 16.2. The summed E-state index contributed by atoms with van der Waals surface area (Å²) in [6, 6.07) is 6.36. The van der Waals surface area contributed by atoms with Crippen molar-refractivity contribution in [1.82, 2.24) is 4.31 Å². The quantitative estimate of drug-likeness (QED) is 0.731. The Morgan fingerprint density at radius 1 is 1.24 bits per heavy atom. The fraction of sp³-hybridized carbons (Fsp3) is 0.571. The number of aliphatic hydroxyl groups excluding tert-OH is 1. The van der Waals surface area contributed by atoms with E-state index in [9.17, 15) is 8.42 Å². The van der Waals surface area contributed by atoms with Gasteiger partial charge in [-0.1, -0.05) is 0 Å². The molecule has 1 aliphatic rings. The van der Waals surface area contributed by atoms with Crippen molar-refractivity contribution in [2.24, 2.45) is 0 Å². The van der Waals surface area contributed by atoms with Crippen molar-refractivity contribution in [3.05, 3.63) is 24.3 Å². The van der Waals surface area contributed by atoms with Crippen LogP contribution in [0.25, 0.3) is 0 Å². The molecule has 0 aromatic heterocycles. The Kier molecular flexibility index (Phi) is 5.58. The molecule has 118 valence electrons. The van der Waals surface area contributed by atoms with Crippen LogP contribution in [0.2, 0.25) is 0 Å². The lowest BCUT2D eigenvalue weighted by atomic mass is 10.3. The van der Waals surface area contributed by atoms with Gasteiger partial charge in [0.2, 0.25) is 10.0 Å². The van der Waals surface area contributed by atoms with E-state index in [-0.39, 0.29) is 24.2 Å². The molecule has 0 amide bonds. The molecule has 0 bridgehead atoms. The summed E-state index contributed by atoms with van der Waals surface area (Å²) in [6.07, 6.45) is 1.81. The Morgan fingerprint density at radius 2 is 1.90 bits per heavy atom. The summed E-state index contributed by atoms with van der Waals surface area (Å²) in [5.74, 6) is 0.540. The van der Waals surface area contributed by atoms with Gasteiger partial charge >= 0.3 is 0 Å². The Labute approximate surface area is 125 Å². The summed E-state index contributed by atoms with van der Waals surface area (Å²) in [6.45, 7) is 0.861. The van der Waals surface area contributed by atoms with E-state index in [1.807, 2.05) is 0 Å². The number of hydrogen-bond donors (Lipinski definition) is 1. The highest BCUT2D eigenvalue weighted by Crippen LogP contribution is 2.32. The van der Waals surface area contributed by atoms with E-state index in [0.29, 0.717) is 18.9 Å². The number of methoxy groups -OCH3 is 1. The predicted molar refractivity (Wildman–Crippen MR) is 77.8 cm³/mol. The third-order valence-electron chi connectivity index (χ3n) is 3.26. The number of benzene rings is 1. The molecule has 1 aromatic rings. The Hall–Kier alpha value is -1.15. The van der Waals surface area contributed by atoms with Gasteiger partial charge in [-0.15, -0.1) is 0 Å². The van der Waals surface area contributed by atoms with E-state index >= 15 is 0 Å². The molecular weight excluding hydrogens is 294 g/mol. The molecule has 1 N–H and O–H groups in total. The van der Waals surface area contributed by atoms with Gasteiger partial charge in [0, 0.05) is 19.7 Å². The molecule has 0 saturated heterocycles. The average molecular weight is 315 g/mol. The van der Waals surface area contributed by atoms with Gasteiger partial charge in [0.15, 0.2) is 0 Å². The molecule has 1 saturated carbocycles. The highest BCUT2D eigenvalue weighted by atomic mass is 32.2. The predicted octanol–water partition coefficient (Wildman–Crippen LogP) is 0.857. The van der Waals surface area contributed by atoms with Crippen LogP contribution in [0.1, 0.15) is 12.8 Å². The number of sulfonamides is 1. The normalized spacial score (nSPS) is 15.4. The van der Waals surface area contributed by atoms with Crippen LogP contribution in [0.15, 0.2) is 29.2 Å². The lowest BCUT2D eigenvalue weighted by Gasteiger charge is -2.21. The summed E-state index contributed by atoms with van der Waals surface area (Å²) in [5, 5.41) is 8.70. The fourth-order valence-corrected chi connectivity index (χ4v) is 3.72. The second kappa shape index (κ2) is 7.22. The number of rotatable bonds is 9. The second-order valence-electron chi connectivity index (χ2n) is 4.88. The minimum absolute atomic E-state index is 0.0769. The number of ether oxygens (including phenoxy) is 2. The van der Waals surface area contributed by atoms with Gasteiger partial charge in [0.25, 0.3) is 0 Å². The summed E-state index contributed by atoms with van der Waals surface area (Å²) in [7, 11) is -1.94. The van der Waals surface area contributed by atoms with Gasteiger partial charge in [-0.25, -0.2) is 8.42 Å². The summed E-state index contributed by atoms with van der Waals surface area (Å²) < 4.78 is 37.0. The first-order chi connectivity index (χ1) is 10.1. The van der Waals surface area contributed by atoms with E-state index in [1.54, 1.807) is 19.2 Å². The molecule has 2 rings (SSSR count). The standard InChI is InChI=1S/C14H21NO5S/c1-19-10-8-15(12-2-3-12)21(17,18)14-6-4-13(5-7-14)20-11-9-16/h4-7,12,16H,2-3,8-11H2,1H3. The number of nitrogens with zero attached hydrogens (tertiary/aromatic N) is 1. The maximum absolute atomic E-state index is 12.6. The molecular formula is C14H21NO5S. The van der Waals surface area contributed by atoms with Gasteiger partial charge < -0.3 is 14.6 Å². The van der Waals surface area contributed by atoms with E-state index in [2.05, 4.69) is 0 Å². The Balaban J connectivity index is 2.13. The highest BCUT2D eigenvalue weighted by Gasteiger charge is 2.37. The van der Waals surface area contributed by atoms with Crippen molar-refractivity contribution in [3.63, 3.8) is 0 Å². The van der Waals surface area contributed by atoms with E-state index in [0.717, 1.165) is 12.8 Å². The van der Waals surface area contributed by atoms with Gasteiger partial charge in [-0.2, -0.15) is 4.31 Å². The topological polar surface area (TPSA) is 76.1 Å². The Morgan fingerprint density at radius 3 is 2.43 bits per heavy atom. The van der Waals surface area contributed by atoms with Gasteiger partial charge in [-0.05, 0) is 37.1 Å². The van der Waals surface area contributed by atoms with Crippen LogP contribution in [-0.2, 0) is 14.8 Å². The monoisotopic (exact) mass is 315 g/mol. The lowest BCUT2D eigenvalue weighted by molar-refractivity contribution is 0.177. The summed E-state index contributed by atoms with van der Waals surface area (Å²) in [5.41, 5.74) is 0. The minimum atomic E-state index is -3.50. The molecule has 1 fully saturated rings. The van der Waals surface area contributed by atoms with Crippen LogP contribution >= 0.6 is 0 Å². The highest BCUT2D eigenvalue weighted by molar-refractivity contribution is 7.89. The third kappa shape index (κ3) is 4.16. The van der Waals surface area contributed by atoms with Gasteiger partial charge in [-0.3, -0.25) is 0 Å².